The zero-order chi connectivity index (χ0) is 20.8. The van der Waals surface area contributed by atoms with E-state index in [4.69, 9.17) is 25.3 Å². The molecule has 152 valence electrons. The number of hydrogen-bond acceptors (Lipinski definition) is 8. The Morgan fingerprint density at radius 2 is 1.77 bits per heavy atom. The zero-order valence-electron chi connectivity index (χ0n) is 15.8. The highest BCUT2D eigenvalue weighted by Crippen LogP contribution is 2.20. The van der Waals surface area contributed by atoms with Gasteiger partial charge < -0.3 is 13.7 Å². The smallest absolute Gasteiger partial charge is 0.306 e. The Labute approximate surface area is 176 Å². The molecule has 0 atom stereocenters. The maximum atomic E-state index is 12.0. The highest BCUT2D eigenvalue weighted by atomic mass is 35.5. The summed E-state index contributed by atoms with van der Waals surface area (Å²) in [6, 6.07) is 16.5. The molecule has 0 spiro atoms. The van der Waals surface area contributed by atoms with Crippen LogP contribution in [0.1, 0.15) is 24.6 Å². The molecule has 0 amide bonds. The summed E-state index contributed by atoms with van der Waals surface area (Å²) in [5.41, 5.74) is 1.61. The van der Waals surface area contributed by atoms with E-state index in [0.717, 1.165) is 11.1 Å². The van der Waals surface area contributed by atoms with Crippen molar-refractivity contribution in [1.29, 1.82) is 0 Å². The van der Waals surface area contributed by atoms with Gasteiger partial charge in [0.25, 0.3) is 5.89 Å². The number of rotatable bonds is 8. The average Bonchev–Trinajstić information content (AvgIpc) is 3.43. The molecule has 2 aromatic carbocycles. The maximum absolute atomic E-state index is 12.0. The molecule has 0 bridgehead atoms. The van der Waals surface area contributed by atoms with Gasteiger partial charge in [-0.15, -0.1) is 10.2 Å². The lowest BCUT2D eigenvalue weighted by atomic mass is 10.2. The molecule has 0 aliphatic rings. The van der Waals surface area contributed by atoms with Crippen LogP contribution in [0.4, 0.5) is 0 Å². The predicted molar refractivity (Wildman–Crippen MR) is 107 cm³/mol. The fraction of sp³-hybridized carbons (Fsp3) is 0.190. The fourth-order valence-corrected chi connectivity index (χ4v) is 2.81. The van der Waals surface area contributed by atoms with Crippen molar-refractivity contribution in [1.82, 2.24) is 20.3 Å². The van der Waals surface area contributed by atoms with Crippen LogP contribution >= 0.6 is 11.6 Å². The normalized spacial score (nSPS) is 10.8. The molecule has 0 aliphatic heterocycles. The number of benzene rings is 2. The molecular formula is C21H17ClN4O4. The Kier molecular flexibility index (Phi) is 6.14. The lowest BCUT2D eigenvalue weighted by molar-refractivity contribution is -0.145. The lowest BCUT2D eigenvalue weighted by Crippen LogP contribution is -2.05. The second-order valence-electron chi connectivity index (χ2n) is 6.40. The van der Waals surface area contributed by atoms with Gasteiger partial charge in [0.05, 0.1) is 0 Å². The summed E-state index contributed by atoms with van der Waals surface area (Å²) in [7, 11) is 0. The van der Waals surface area contributed by atoms with Crippen molar-refractivity contribution in [2.45, 2.75) is 25.9 Å². The van der Waals surface area contributed by atoms with E-state index in [0.29, 0.717) is 35.5 Å². The van der Waals surface area contributed by atoms with Gasteiger partial charge in [0.1, 0.15) is 0 Å². The maximum Gasteiger partial charge on any atom is 0.306 e. The molecule has 0 N–H and O–H groups in total. The lowest BCUT2D eigenvalue weighted by Gasteiger charge is -2.00. The van der Waals surface area contributed by atoms with Crippen LogP contribution in [-0.2, 0) is 22.6 Å². The Hall–Kier alpha value is -3.52. The minimum atomic E-state index is -0.371. The molecule has 4 rings (SSSR count). The largest absolute Gasteiger partial charge is 0.456 e. The topological polar surface area (TPSA) is 104 Å². The SMILES string of the molecule is O=C(CCCc1nc(-c2ccccc2)no1)OCc1nnc(-c2ccc(Cl)cc2)o1. The first kappa shape index (κ1) is 19.8. The second-order valence-corrected chi connectivity index (χ2v) is 6.84. The Bertz CT molecular complexity index is 1110. The van der Waals surface area contributed by atoms with E-state index in [1.165, 1.54) is 0 Å². The van der Waals surface area contributed by atoms with Crippen LogP contribution in [0.3, 0.4) is 0 Å². The van der Waals surface area contributed by atoms with E-state index in [1.807, 2.05) is 30.3 Å². The molecule has 0 saturated heterocycles. The number of ether oxygens (including phenoxy) is 1. The van der Waals surface area contributed by atoms with Crippen molar-refractivity contribution in [2.75, 3.05) is 0 Å². The molecule has 30 heavy (non-hydrogen) atoms. The Morgan fingerprint density at radius 1 is 0.967 bits per heavy atom. The van der Waals surface area contributed by atoms with Gasteiger partial charge in [-0.25, -0.2) is 0 Å². The summed E-state index contributed by atoms with van der Waals surface area (Å²) in [5, 5.41) is 12.4. The average molecular weight is 425 g/mol. The molecule has 8 nitrogen and oxygen atoms in total. The van der Waals surface area contributed by atoms with E-state index < -0.39 is 0 Å². The van der Waals surface area contributed by atoms with Gasteiger partial charge in [-0.05, 0) is 30.7 Å². The van der Waals surface area contributed by atoms with E-state index in [2.05, 4.69) is 20.3 Å². The van der Waals surface area contributed by atoms with E-state index in [-0.39, 0.29) is 24.9 Å². The quantitative estimate of drug-likeness (QED) is 0.380. The van der Waals surface area contributed by atoms with Crippen LogP contribution in [0.2, 0.25) is 5.02 Å². The highest BCUT2D eigenvalue weighted by molar-refractivity contribution is 6.30. The van der Waals surface area contributed by atoms with E-state index in [9.17, 15) is 4.79 Å². The van der Waals surface area contributed by atoms with Crippen LogP contribution in [0.25, 0.3) is 22.8 Å². The first-order valence-corrected chi connectivity index (χ1v) is 9.67. The van der Waals surface area contributed by atoms with Gasteiger partial charge in [0, 0.05) is 29.0 Å². The van der Waals surface area contributed by atoms with Crippen molar-refractivity contribution < 1.29 is 18.5 Å². The van der Waals surface area contributed by atoms with Crippen molar-refractivity contribution in [2.24, 2.45) is 0 Å². The van der Waals surface area contributed by atoms with Crippen LogP contribution in [0.15, 0.2) is 63.5 Å². The van der Waals surface area contributed by atoms with Gasteiger partial charge in [0.15, 0.2) is 6.61 Å². The molecule has 9 heteroatoms. The van der Waals surface area contributed by atoms with Gasteiger partial charge in [-0.3, -0.25) is 4.79 Å². The summed E-state index contributed by atoms with van der Waals surface area (Å²) in [5.74, 6) is 1.19. The third kappa shape index (κ3) is 5.09. The molecule has 0 saturated carbocycles. The molecule has 4 aromatic rings. The minimum absolute atomic E-state index is 0.0852. The standard InChI is InChI=1S/C21H17ClN4O4/c22-16-11-9-15(10-12-16)21-25-24-18(29-21)13-28-19(27)8-4-7-17-23-20(26-30-17)14-5-2-1-3-6-14/h1-3,5-6,9-12H,4,7-8,13H2. The number of halogens is 1. The second kappa shape index (κ2) is 9.32. The van der Waals surface area contributed by atoms with Gasteiger partial charge in [0.2, 0.25) is 17.6 Å². The molecule has 0 radical (unpaired) electrons. The van der Waals surface area contributed by atoms with Crippen LogP contribution < -0.4 is 0 Å². The van der Waals surface area contributed by atoms with Crippen molar-refractivity contribution in [3.05, 3.63) is 71.4 Å². The molecule has 2 aromatic heterocycles. The number of carbonyl (C=O) groups is 1. The van der Waals surface area contributed by atoms with E-state index in [1.54, 1.807) is 24.3 Å². The van der Waals surface area contributed by atoms with Crippen LogP contribution in [0.5, 0.6) is 0 Å². The number of carbonyl (C=O) groups excluding carboxylic acids is 1. The number of esters is 1. The third-order valence-corrected chi connectivity index (χ3v) is 4.44. The Balaban J connectivity index is 1.21. The molecule has 2 heterocycles. The molecule has 0 fully saturated rings. The summed E-state index contributed by atoms with van der Waals surface area (Å²) in [4.78, 5) is 16.3. The molecule has 0 aliphatic carbocycles. The number of aromatic nitrogens is 4. The number of hydrogen-bond donors (Lipinski definition) is 0. The monoisotopic (exact) mass is 424 g/mol. The first-order chi connectivity index (χ1) is 14.7. The van der Waals surface area contributed by atoms with Gasteiger partial charge >= 0.3 is 5.97 Å². The Morgan fingerprint density at radius 3 is 2.57 bits per heavy atom. The van der Waals surface area contributed by atoms with Crippen LogP contribution in [-0.4, -0.2) is 26.3 Å². The number of nitrogens with zero attached hydrogens (tertiary/aromatic N) is 4. The first-order valence-electron chi connectivity index (χ1n) is 9.29. The van der Waals surface area contributed by atoms with Gasteiger partial charge in [-0.2, -0.15) is 4.98 Å². The minimum Gasteiger partial charge on any atom is -0.456 e. The highest BCUT2D eigenvalue weighted by Gasteiger charge is 2.12. The predicted octanol–water partition coefficient (Wildman–Crippen LogP) is 4.51. The molecule has 0 unspecified atom stereocenters. The van der Waals surface area contributed by atoms with Crippen molar-refractivity contribution in [3.8, 4) is 22.8 Å². The zero-order valence-corrected chi connectivity index (χ0v) is 16.6. The summed E-state index contributed by atoms with van der Waals surface area (Å²) < 4.78 is 15.9. The van der Waals surface area contributed by atoms with E-state index >= 15 is 0 Å². The van der Waals surface area contributed by atoms with Crippen LogP contribution in [0, 0.1) is 0 Å². The third-order valence-electron chi connectivity index (χ3n) is 4.19. The number of aryl methyl sites for hydroxylation is 1. The summed E-state index contributed by atoms with van der Waals surface area (Å²) in [6.07, 6.45) is 1.21. The summed E-state index contributed by atoms with van der Waals surface area (Å²) in [6.45, 7) is -0.0852. The van der Waals surface area contributed by atoms with Crippen molar-refractivity contribution >= 4 is 17.6 Å². The molecular weight excluding hydrogens is 408 g/mol. The van der Waals surface area contributed by atoms with Crippen molar-refractivity contribution in [3.63, 3.8) is 0 Å². The van der Waals surface area contributed by atoms with Gasteiger partial charge in [-0.1, -0.05) is 47.1 Å². The fourth-order valence-electron chi connectivity index (χ4n) is 2.68. The summed E-state index contributed by atoms with van der Waals surface area (Å²) >= 11 is 5.86.